The lowest BCUT2D eigenvalue weighted by molar-refractivity contribution is -0.137. The molecule has 3 aromatic rings. The fourth-order valence-electron chi connectivity index (χ4n) is 5.03. The Labute approximate surface area is 231 Å². The Balaban J connectivity index is 1.56. The molecule has 0 saturated carbocycles. The first kappa shape index (κ1) is 27.8. The molecule has 2 heterocycles. The Bertz CT molecular complexity index is 1510. The van der Waals surface area contributed by atoms with Gasteiger partial charge in [-0.2, -0.15) is 13.2 Å². The third-order valence-electron chi connectivity index (χ3n) is 7.03. The van der Waals surface area contributed by atoms with Crippen molar-refractivity contribution < 1.29 is 26.9 Å². The summed E-state index contributed by atoms with van der Waals surface area (Å²) < 4.78 is 68.5. The minimum atomic E-state index is -4.58. The van der Waals surface area contributed by atoms with E-state index < -0.39 is 34.3 Å². The normalized spacial score (nSPS) is 22.6. The Kier molecular flexibility index (Phi) is 7.63. The minimum Gasteiger partial charge on any atom is -0.593 e. The number of piperidine rings is 1. The third kappa shape index (κ3) is 5.45. The van der Waals surface area contributed by atoms with Crippen LogP contribution in [0.25, 0.3) is 0 Å². The van der Waals surface area contributed by atoms with Crippen LogP contribution in [0.1, 0.15) is 28.9 Å². The average molecular weight is 569 g/mol. The summed E-state index contributed by atoms with van der Waals surface area (Å²) in [4.78, 5) is 22.9. The molecule has 1 aromatic heterocycles. The number of halogens is 4. The first-order valence-corrected chi connectivity index (χ1v) is 13.5. The first-order valence-electron chi connectivity index (χ1n) is 12.4. The molecule has 6 nitrogen and oxygen atoms in total. The summed E-state index contributed by atoms with van der Waals surface area (Å²) in [6, 6.07) is 15.0. The molecule has 0 amide bonds. The van der Waals surface area contributed by atoms with Gasteiger partial charge in [-0.3, -0.25) is 9.78 Å². The van der Waals surface area contributed by atoms with Crippen LogP contribution in [0.5, 0.6) is 0 Å². The second kappa shape index (κ2) is 11.0. The fourth-order valence-corrected chi connectivity index (χ4v) is 6.35. The number of allylic oxidation sites excluding steroid dienone is 2. The van der Waals surface area contributed by atoms with Gasteiger partial charge in [-0.1, -0.05) is 17.7 Å². The molecule has 1 aliphatic carbocycles. The SMILES string of the molecule is NC=C1CC2(C(=O)c3ccccn3)CN([S+]([O-])c3cccc(C(F)(F)F)c3)CCC2=CC1=Nc1ccc(F)cc1. The zero-order valence-corrected chi connectivity index (χ0v) is 21.9. The molecule has 2 N–H and O–H groups in total. The van der Waals surface area contributed by atoms with Crippen molar-refractivity contribution in [3.63, 3.8) is 0 Å². The lowest BCUT2D eigenvalue weighted by atomic mass is 9.64. The van der Waals surface area contributed by atoms with Gasteiger partial charge in [0.25, 0.3) is 0 Å². The van der Waals surface area contributed by atoms with Gasteiger partial charge in [0.05, 0.1) is 40.3 Å². The van der Waals surface area contributed by atoms with Crippen LogP contribution < -0.4 is 5.73 Å². The molecule has 2 unspecified atom stereocenters. The lowest BCUT2D eigenvalue weighted by Gasteiger charge is -2.45. The summed E-state index contributed by atoms with van der Waals surface area (Å²) in [5, 5.41) is 0. The van der Waals surface area contributed by atoms with Crippen molar-refractivity contribution in [2.24, 2.45) is 16.1 Å². The van der Waals surface area contributed by atoms with Crippen LogP contribution in [-0.2, 0) is 17.5 Å². The summed E-state index contributed by atoms with van der Waals surface area (Å²) in [5.41, 5.74) is 6.36. The highest BCUT2D eigenvalue weighted by atomic mass is 32.2. The van der Waals surface area contributed by atoms with Crippen LogP contribution in [-0.4, -0.2) is 38.4 Å². The van der Waals surface area contributed by atoms with Gasteiger partial charge in [-0.05, 0) is 79.2 Å². The van der Waals surface area contributed by atoms with Gasteiger partial charge in [-0.15, -0.1) is 4.31 Å². The van der Waals surface area contributed by atoms with Gasteiger partial charge in [0.1, 0.15) is 11.5 Å². The number of nitrogens with two attached hydrogens (primary N) is 1. The van der Waals surface area contributed by atoms with Crippen molar-refractivity contribution in [1.82, 2.24) is 9.29 Å². The van der Waals surface area contributed by atoms with Crippen LogP contribution in [0.15, 0.2) is 106 Å². The summed E-state index contributed by atoms with van der Waals surface area (Å²) in [5.74, 6) is -0.716. The first-order chi connectivity index (χ1) is 19.1. The summed E-state index contributed by atoms with van der Waals surface area (Å²) >= 11 is -1.97. The maximum atomic E-state index is 14.1. The van der Waals surface area contributed by atoms with E-state index in [0.717, 1.165) is 17.7 Å². The third-order valence-corrected chi connectivity index (χ3v) is 8.47. The molecule has 1 saturated heterocycles. The predicted molar refractivity (Wildman–Crippen MR) is 144 cm³/mol. The summed E-state index contributed by atoms with van der Waals surface area (Å²) in [7, 11) is 0. The molecule has 0 bridgehead atoms. The number of Topliss-reactive ketones (excluding diaryl/α,β-unsaturated/α-hetero) is 1. The number of ketones is 1. The van der Waals surface area contributed by atoms with E-state index in [1.807, 2.05) is 0 Å². The van der Waals surface area contributed by atoms with Gasteiger partial charge in [0.15, 0.2) is 10.7 Å². The van der Waals surface area contributed by atoms with Gasteiger partial charge < -0.3 is 10.3 Å². The molecule has 5 rings (SSSR count). The van der Waals surface area contributed by atoms with E-state index >= 15 is 0 Å². The van der Waals surface area contributed by atoms with E-state index in [9.17, 15) is 26.9 Å². The summed E-state index contributed by atoms with van der Waals surface area (Å²) in [6.07, 6.45) is 0.463. The number of hydrogen-bond acceptors (Lipinski definition) is 6. The van der Waals surface area contributed by atoms with E-state index in [0.29, 0.717) is 23.4 Å². The molecule has 11 heteroatoms. The number of carbonyl (C=O) groups excluding carboxylic acids is 1. The molecule has 2 atom stereocenters. The maximum absolute atomic E-state index is 14.1. The van der Waals surface area contributed by atoms with Crippen LogP contribution >= 0.6 is 0 Å². The molecule has 1 fully saturated rings. The lowest BCUT2D eigenvalue weighted by Crippen LogP contribution is -2.53. The highest BCUT2D eigenvalue weighted by Gasteiger charge is 2.52. The smallest absolute Gasteiger partial charge is 0.416 e. The van der Waals surface area contributed by atoms with Gasteiger partial charge >= 0.3 is 6.18 Å². The number of aromatic nitrogens is 1. The topological polar surface area (TPSA) is 94.6 Å². The van der Waals surface area contributed by atoms with Crippen molar-refractivity contribution >= 4 is 28.5 Å². The number of alkyl halides is 3. The number of pyridine rings is 1. The maximum Gasteiger partial charge on any atom is 0.416 e. The average Bonchev–Trinajstić information content (AvgIpc) is 2.97. The Hall–Kier alpha value is -3.80. The molecule has 40 heavy (non-hydrogen) atoms. The molecule has 1 aliphatic heterocycles. The van der Waals surface area contributed by atoms with Crippen molar-refractivity contribution in [3.05, 3.63) is 113 Å². The highest BCUT2D eigenvalue weighted by molar-refractivity contribution is 7.89. The van der Waals surface area contributed by atoms with E-state index in [1.165, 1.54) is 53.1 Å². The van der Waals surface area contributed by atoms with Crippen LogP contribution in [0.3, 0.4) is 0 Å². The molecular formula is C29H24F4N4O2S. The highest BCUT2D eigenvalue weighted by Crippen LogP contribution is 2.47. The van der Waals surface area contributed by atoms with Gasteiger partial charge in [0, 0.05) is 18.8 Å². The van der Waals surface area contributed by atoms with E-state index in [-0.39, 0.29) is 35.9 Å². The number of aliphatic imine (C=N–C) groups is 1. The van der Waals surface area contributed by atoms with Gasteiger partial charge in [-0.25, -0.2) is 9.38 Å². The second-order valence-corrected chi connectivity index (χ2v) is 11.0. The standard InChI is InChI=1S/C29H24F4N4O2S/c30-22-7-9-23(10-8-22)36-26-15-20-11-13-37(40(39)24-5-3-4-21(14-24)29(31,32)33)18-28(20,16-19(26)17-34)27(38)25-6-1-2-12-35-25/h1-10,12,14-15,17H,11,13,16,18,34H2. The molecule has 2 aromatic carbocycles. The number of benzene rings is 2. The number of rotatable bonds is 5. The van der Waals surface area contributed by atoms with E-state index in [1.54, 1.807) is 24.3 Å². The van der Waals surface area contributed by atoms with Crippen molar-refractivity contribution in [2.75, 3.05) is 13.1 Å². The molecule has 0 radical (unpaired) electrons. The number of fused-ring (bicyclic) bond motifs is 1. The minimum absolute atomic E-state index is 0.00773. The van der Waals surface area contributed by atoms with E-state index in [4.69, 9.17) is 5.73 Å². The monoisotopic (exact) mass is 568 g/mol. The van der Waals surface area contributed by atoms with Crippen LogP contribution in [0.2, 0.25) is 0 Å². The number of hydrogen-bond donors (Lipinski definition) is 1. The second-order valence-electron chi connectivity index (χ2n) is 9.53. The number of nitrogens with zero attached hydrogens (tertiary/aromatic N) is 3. The Morgan fingerprint density at radius 1 is 1.12 bits per heavy atom. The van der Waals surface area contributed by atoms with Gasteiger partial charge in [0.2, 0.25) is 0 Å². The molecular weight excluding hydrogens is 544 g/mol. The molecule has 206 valence electrons. The summed E-state index contributed by atoms with van der Waals surface area (Å²) in [6.45, 7) is 0.204. The van der Waals surface area contributed by atoms with Crippen LogP contribution in [0.4, 0.5) is 23.2 Å². The van der Waals surface area contributed by atoms with E-state index in [2.05, 4.69) is 9.98 Å². The predicted octanol–water partition coefficient (Wildman–Crippen LogP) is 5.78. The van der Waals surface area contributed by atoms with Crippen LogP contribution in [0, 0.1) is 11.2 Å². The Morgan fingerprint density at radius 3 is 2.58 bits per heavy atom. The Morgan fingerprint density at radius 2 is 1.90 bits per heavy atom. The van der Waals surface area contributed by atoms with Crippen molar-refractivity contribution in [2.45, 2.75) is 23.9 Å². The fraction of sp³-hybridized carbons (Fsp3) is 0.207. The zero-order chi connectivity index (χ0) is 28.5. The zero-order valence-electron chi connectivity index (χ0n) is 21.1. The van der Waals surface area contributed by atoms with Crippen molar-refractivity contribution in [3.8, 4) is 0 Å². The quantitative estimate of drug-likeness (QED) is 0.239. The van der Waals surface area contributed by atoms with Crippen molar-refractivity contribution in [1.29, 1.82) is 0 Å². The largest absolute Gasteiger partial charge is 0.593 e. The molecule has 0 spiro atoms. The molecule has 2 aliphatic rings. The number of carbonyl (C=O) groups is 1.